The molecule has 2 atom stereocenters. The van der Waals surface area contributed by atoms with E-state index in [9.17, 15) is 9.90 Å². The van der Waals surface area contributed by atoms with Crippen molar-refractivity contribution in [1.29, 1.82) is 0 Å². The molecule has 43 heavy (non-hydrogen) atoms. The Morgan fingerprint density at radius 2 is 1.93 bits per heavy atom. The lowest BCUT2D eigenvalue weighted by Crippen LogP contribution is -2.57. The Balaban J connectivity index is 1.21. The average Bonchev–Trinajstić information content (AvgIpc) is 3.66. The summed E-state index contributed by atoms with van der Waals surface area (Å²) in [7, 11) is 0. The summed E-state index contributed by atoms with van der Waals surface area (Å²) in [4.78, 5) is 24.4. The van der Waals surface area contributed by atoms with Crippen molar-refractivity contribution in [2.45, 2.75) is 56.9 Å². The largest absolute Gasteiger partial charge is 0.486 e. The molecule has 2 unspecified atom stereocenters. The second-order valence-electron chi connectivity index (χ2n) is 11.6. The van der Waals surface area contributed by atoms with Gasteiger partial charge in [0.05, 0.1) is 21.1 Å². The van der Waals surface area contributed by atoms with Gasteiger partial charge in [-0.1, -0.05) is 23.2 Å². The molecule has 2 aliphatic heterocycles. The van der Waals surface area contributed by atoms with Gasteiger partial charge in [-0.2, -0.15) is 5.10 Å². The molecule has 2 saturated heterocycles. The van der Waals surface area contributed by atoms with Gasteiger partial charge in [-0.25, -0.2) is 14.5 Å². The third-order valence-electron chi connectivity index (χ3n) is 8.77. The van der Waals surface area contributed by atoms with E-state index in [0.717, 1.165) is 60.1 Å². The molecule has 0 bridgehead atoms. The monoisotopic (exact) mass is 622 g/mol. The second kappa shape index (κ2) is 11.2. The highest BCUT2D eigenvalue weighted by atomic mass is 35.5. The van der Waals surface area contributed by atoms with Crippen molar-refractivity contribution in [3.05, 3.63) is 64.5 Å². The number of anilines is 1. The van der Waals surface area contributed by atoms with Crippen molar-refractivity contribution in [1.82, 2.24) is 24.6 Å². The molecule has 3 fully saturated rings. The first-order chi connectivity index (χ1) is 20.8. The summed E-state index contributed by atoms with van der Waals surface area (Å²) < 4.78 is 14.4. The van der Waals surface area contributed by atoms with Gasteiger partial charge in [-0.05, 0) is 69.4 Å². The summed E-state index contributed by atoms with van der Waals surface area (Å²) in [6.45, 7) is 4.36. The Hall–Kier alpha value is -3.60. The van der Waals surface area contributed by atoms with Crippen LogP contribution in [0.5, 0.6) is 5.75 Å². The van der Waals surface area contributed by atoms with E-state index in [1.807, 2.05) is 48.1 Å². The van der Waals surface area contributed by atoms with E-state index in [2.05, 4.69) is 9.88 Å². The van der Waals surface area contributed by atoms with Gasteiger partial charge >= 0.3 is 6.09 Å². The topological polar surface area (TPSA) is 106 Å². The van der Waals surface area contributed by atoms with Gasteiger partial charge in [0, 0.05) is 61.3 Å². The number of halogens is 2. The minimum absolute atomic E-state index is 0.141. The predicted molar refractivity (Wildman–Crippen MR) is 164 cm³/mol. The van der Waals surface area contributed by atoms with Crippen LogP contribution in [-0.4, -0.2) is 67.6 Å². The Morgan fingerprint density at radius 3 is 2.60 bits per heavy atom. The maximum absolute atomic E-state index is 11.7. The number of pyridine rings is 2. The molecule has 12 heteroatoms. The van der Waals surface area contributed by atoms with E-state index in [-0.39, 0.29) is 11.8 Å². The molecule has 7 rings (SSSR count). The van der Waals surface area contributed by atoms with Gasteiger partial charge in [-0.15, -0.1) is 0 Å². The summed E-state index contributed by atoms with van der Waals surface area (Å²) >= 11 is 12.8. The highest BCUT2D eigenvalue weighted by Gasteiger charge is 2.53. The zero-order valence-electron chi connectivity index (χ0n) is 23.7. The summed E-state index contributed by atoms with van der Waals surface area (Å²) in [6.07, 6.45) is 8.39. The summed E-state index contributed by atoms with van der Waals surface area (Å²) in [5.74, 6) is 1.49. The van der Waals surface area contributed by atoms with Crippen LogP contribution in [0.1, 0.15) is 56.9 Å². The third kappa shape index (κ3) is 5.25. The second-order valence-corrected chi connectivity index (χ2v) is 12.4. The molecule has 4 aromatic rings. The van der Waals surface area contributed by atoms with Crippen molar-refractivity contribution in [2.75, 3.05) is 31.1 Å². The number of hydrogen-bond acceptors (Lipinski definition) is 7. The quantitative estimate of drug-likeness (QED) is 0.246. The van der Waals surface area contributed by atoms with Crippen LogP contribution in [-0.2, 0) is 4.74 Å². The van der Waals surface area contributed by atoms with Crippen LogP contribution in [0.3, 0.4) is 0 Å². The van der Waals surface area contributed by atoms with Crippen molar-refractivity contribution >= 4 is 46.0 Å². The Morgan fingerprint density at radius 1 is 1.12 bits per heavy atom. The molecule has 224 valence electrons. The van der Waals surface area contributed by atoms with Crippen molar-refractivity contribution < 1.29 is 19.4 Å². The lowest BCUT2D eigenvalue weighted by molar-refractivity contribution is -0.0365. The van der Waals surface area contributed by atoms with Crippen LogP contribution in [0, 0.1) is 0 Å². The maximum atomic E-state index is 11.7. The molecule has 3 aromatic heterocycles. The van der Waals surface area contributed by atoms with Gasteiger partial charge < -0.3 is 19.5 Å². The van der Waals surface area contributed by atoms with Crippen LogP contribution in [0.15, 0.2) is 48.9 Å². The number of benzene rings is 1. The van der Waals surface area contributed by atoms with Crippen LogP contribution in [0.2, 0.25) is 10.0 Å². The minimum Gasteiger partial charge on any atom is -0.486 e. The fourth-order valence-corrected chi connectivity index (χ4v) is 7.04. The van der Waals surface area contributed by atoms with Crippen LogP contribution in [0.25, 0.3) is 22.2 Å². The van der Waals surface area contributed by atoms with Gasteiger partial charge in [0.1, 0.15) is 23.4 Å². The molecule has 5 heterocycles. The summed E-state index contributed by atoms with van der Waals surface area (Å²) in [6, 6.07) is 9.97. The van der Waals surface area contributed by atoms with Gasteiger partial charge in [-0.3, -0.25) is 9.88 Å². The van der Waals surface area contributed by atoms with E-state index in [0.29, 0.717) is 47.6 Å². The number of ether oxygens (including phenoxy) is 2. The number of carbonyl (C=O) groups is 1. The molecular weight excluding hydrogens is 591 g/mol. The van der Waals surface area contributed by atoms with Crippen LogP contribution >= 0.6 is 23.2 Å². The number of fused-ring (bicyclic) bond motifs is 1. The molecule has 1 amide bonds. The number of piperazine rings is 1. The Labute approximate surface area is 259 Å². The van der Waals surface area contributed by atoms with Crippen molar-refractivity contribution in [2.24, 2.45) is 0 Å². The minimum atomic E-state index is -0.838. The van der Waals surface area contributed by atoms with Crippen molar-refractivity contribution in [3.63, 3.8) is 0 Å². The van der Waals surface area contributed by atoms with Gasteiger partial charge in [0.25, 0.3) is 0 Å². The zero-order chi connectivity index (χ0) is 29.7. The number of nitrogens with zero attached hydrogens (tertiary/aromatic N) is 6. The predicted octanol–water partition coefficient (Wildman–Crippen LogP) is 6.97. The highest BCUT2D eigenvalue weighted by molar-refractivity contribution is 6.35. The number of rotatable bonds is 6. The van der Waals surface area contributed by atoms with E-state index < -0.39 is 12.2 Å². The third-order valence-corrected chi connectivity index (χ3v) is 9.37. The molecule has 1 N–H and O–H groups in total. The maximum Gasteiger partial charge on any atom is 0.407 e. The molecule has 10 nitrogen and oxygen atoms in total. The smallest absolute Gasteiger partial charge is 0.407 e. The van der Waals surface area contributed by atoms with E-state index in [4.69, 9.17) is 42.8 Å². The molecular formula is C31H32Cl2N6O4. The molecule has 1 spiro atoms. The highest BCUT2D eigenvalue weighted by Crippen LogP contribution is 2.45. The van der Waals surface area contributed by atoms with Crippen molar-refractivity contribution in [3.8, 4) is 17.0 Å². The number of carboxylic acid groups (broad SMARTS) is 1. The molecule has 1 aromatic carbocycles. The van der Waals surface area contributed by atoms with E-state index >= 15 is 0 Å². The Bertz CT molecular complexity index is 1650. The standard InChI is InChI=1S/C31H32Cl2N6O4/c1-19(28-23(32)16-34-17-24(28)33)43-21-6-7-25-22(14-21)29(36-39(25)27-4-2-3-13-42-27)20-5-8-26(35-15-20)37-11-12-38(30(40)41)31(18-37)9-10-31/h5-8,14-17,19,27H,2-4,9-13,18H2,1H3,(H,40,41). The number of hydrogen-bond donors (Lipinski definition) is 1. The van der Waals surface area contributed by atoms with E-state index in [1.165, 1.54) is 0 Å². The van der Waals surface area contributed by atoms with Gasteiger partial charge in [0.2, 0.25) is 0 Å². The molecule has 1 aliphatic carbocycles. The van der Waals surface area contributed by atoms with Gasteiger partial charge in [0.15, 0.2) is 6.23 Å². The summed E-state index contributed by atoms with van der Waals surface area (Å²) in [5.41, 5.74) is 3.01. The first-order valence-corrected chi connectivity index (χ1v) is 15.4. The number of aromatic nitrogens is 4. The lowest BCUT2D eigenvalue weighted by atomic mass is 10.1. The van der Waals surface area contributed by atoms with E-state index in [1.54, 1.807) is 17.3 Å². The molecule has 1 saturated carbocycles. The molecule has 3 aliphatic rings. The first kappa shape index (κ1) is 28.2. The summed E-state index contributed by atoms with van der Waals surface area (Å²) in [5, 5.41) is 16.5. The Kier molecular flexibility index (Phi) is 7.31. The SMILES string of the molecule is CC(Oc1ccc2c(c1)c(-c1ccc(N3CCN(C(=O)O)C4(CC4)C3)nc1)nn2C1CCCCO1)c1c(Cl)cncc1Cl. The average molecular weight is 624 g/mol. The fraction of sp³-hybridized carbons (Fsp3) is 0.419. The zero-order valence-corrected chi connectivity index (χ0v) is 25.3. The number of amides is 1. The van der Waals surface area contributed by atoms with Crippen LogP contribution in [0.4, 0.5) is 10.6 Å². The molecule has 0 radical (unpaired) electrons. The first-order valence-electron chi connectivity index (χ1n) is 14.6. The van der Waals surface area contributed by atoms with Crippen LogP contribution < -0.4 is 9.64 Å². The normalized spacial score (nSPS) is 20.4. The fourth-order valence-electron chi connectivity index (χ4n) is 6.37. The lowest BCUT2D eigenvalue weighted by Gasteiger charge is -2.41.